The minimum Gasteiger partial charge on any atom is -0.493 e. The van der Waals surface area contributed by atoms with Gasteiger partial charge in [-0.2, -0.15) is 0 Å². The maximum atomic E-state index is 12.9. The largest absolute Gasteiger partial charge is 0.493 e. The smallest absolute Gasteiger partial charge is 0.274 e. The number of imidazole rings is 1. The fourth-order valence-electron chi connectivity index (χ4n) is 2.78. The molecule has 0 bridgehead atoms. The quantitative estimate of drug-likeness (QED) is 0.559. The Kier molecular flexibility index (Phi) is 4.57. The van der Waals surface area contributed by atoms with Gasteiger partial charge in [0.2, 0.25) is 0 Å². The zero-order valence-electron chi connectivity index (χ0n) is 14.6. The third-order valence-electron chi connectivity index (χ3n) is 4.14. The molecular weight excluding hydrogens is 336 g/mol. The minimum absolute atomic E-state index is 0.0820. The Morgan fingerprint density at radius 1 is 1.38 bits per heavy atom. The third-order valence-corrected chi connectivity index (χ3v) is 4.14. The van der Waals surface area contributed by atoms with Crippen LogP contribution in [0.3, 0.4) is 0 Å². The summed E-state index contributed by atoms with van der Waals surface area (Å²) in [6.07, 6.45) is 2.29. The van der Waals surface area contributed by atoms with Crippen LogP contribution >= 0.6 is 0 Å². The molecule has 3 rings (SSSR count). The van der Waals surface area contributed by atoms with Crippen LogP contribution in [0, 0.1) is 17.0 Å². The van der Waals surface area contributed by atoms with Gasteiger partial charge in [0.25, 0.3) is 11.6 Å². The van der Waals surface area contributed by atoms with Gasteiger partial charge < -0.3 is 10.1 Å². The molecule has 1 amide bonds. The second-order valence-electron chi connectivity index (χ2n) is 5.74. The molecule has 134 valence electrons. The molecule has 0 saturated heterocycles. The van der Waals surface area contributed by atoms with Crippen LogP contribution in [0.5, 0.6) is 5.75 Å². The van der Waals surface area contributed by atoms with Crippen LogP contribution in [0.4, 0.5) is 11.4 Å². The van der Waals surface area contributed by atoms with Crippen molar-refractivity contribution in [1.29, 1.82) is 0 Å². The number of ether oxygens (including phenoxy) is 1. The van der Waals surface area contributed by atoms with Crippen molar-refractivity contribution in [3.8, 4) is 5.75 Å². The molecule has 0 spiro atoms. The summed E-state index contributed by atoms with van der Waals surface area (Å²) < 4.78 is 6.98. The molecule has 0 unspecified atom stereocenters. The van der Waals surface area contributed by atoms with E-state index >= 15 is 0 Å². The number of non-ortho nitro benzene ring substituents is 1. The van der Waals surface area contributed by atoms with Crippen molar-refractivity contribution < 1.29 is 14.5 Å². The van der Waals surface area contributed by atoms with Crippen LogP contribution in [0.15, 0.2) is 36.5 Å². The topological polar surface area (TPSA) is 98.8 Å². The summed E-state index contributed by atoms with van der Waals surface area (Å²) in [5, 5.41) is 13.8. The summed E-state index contributed by atoms with van der Waals surface area (Å²) in [6, 6.07) is 7.90. The minimum atomic E-state index is -0.494. The van der Waals surface area contributed by atoms with Crippen LogP contribution in [-0.4, -0.2) is 27.3 Å². The number of nitro benzene ring substituents is 1. The van der Waals surface area contributed by atoms with Gasteiger partial charge in [-0.3, -0.25) is 19.3 Å². The number of pyridine rings is 1. The first-order chi connectivity index (χ1) is 12.5. The van der Waals surface area contributed by atoms with Gasteiger partial charge in [0.1, 0.15) is 5.69 Å². The van der Waals surface area contributed by atoms with E-state index in [0.717, 1.165) is 5.56 Å². The molecule has 1 N–H and O–H groups in total. The van der Waals surface area contributed by atoms with Crippen molar-refractivity contribution in [3.05, 3.63) is 63.6 Å². The number of benzene rings is 1. The predicted octanol–water partition coefficient (Wildman–Crippen LogP) is 3.37. The molecule has 2 heterocycles. The van der Waals surface area contributed by atoms with Crippen LogP contribution in [0.1, 0.15) is 28.7 Å². The van der Waals surface area contributed by atoms with Crippen molar-refractivity contribution in [1.82, 2.24) is 9.38 Å². The van der Waals surface area contributed by atoms with Crippen molar-refractivity contribution in [2.75, 3.05) is 12.4 Å². The maximum absolute atomic E-state index is 12.9. The zero-order chi connectivity index (χ0) is 18.8. The number of aryl methyl sites for hydroxylation is 2. The van der Waals surface area contributed by atoms with Gasteiger partial charge in [0.15, 0.2) is 11.4 Å². The van der Waals surface area contributed by atoms with Gasteiger partial charge in [0, 0.05) is 18.3 Å². The Morgan fingerprint density at radius 2 is 2.15 bits per heavy atom. The molecule has 2 aromatic heterocycles. The normalized spacial score (nSPS) is 10.7. The summed E-state index contributed by atoms with van der Waals surface area (Å²) in [7, 11) is 1.54. The van der Waals surface area contributed by atoms with Gasteiger partial charge in [-0.1, -0.05) is 13.0 Å². The number of nitro groups is 1. The monoisotopic (exact) mass is 354 g/mol. The fourth-order valence-corrected chi connectivity index (χ4v) is 2.78. The van der Waals surface area contributed by atoms with Crippen LogP contribution in [-0.2, 0) is 6.42 Å². The molecule has 8 heteroatoms. The van der Waals surface area contributed by atoms with Crippen molar-refractivity contribution >= 4 is 22.9 Å². The van der Waals surface area contributed by atoms with Gasteiger partial charge in [-0.25, -0.2) is 4.98 Å². The van der Waals surface area contributed by atoms with E-state index in [2.05, 4.69) is 10.3 Å². The van der Waals surface area contributed by atoms with E-state index in [0.29, 0.717) is 34.9 Å². The number of amides is 1. The molecule has 26 heavy (non-hydrogen) atoms. The molecule has 1 aromatic carbocycles. The lowest BCUT2D eigenvalue weighted by Crippen LogP contribution is -2.17. The van der Waals surface area contributed by atoms with E-state index in [1.54, 1.807) is 42.8 Å². The number of fused-ring (bicyclic) bond motifs is 1. The highest BCUT2D eigenvalue weighted by Crippen LogP contribution is 2.25. The van der Waals surface area contributed by atoms with Crippen LogP contribution in [0.2, 0.25) is 0 Å². The molecule has 0 atom stereocenters. The lowest BCUT2D eigenvalue weighted by molar-refractivity contribution is -0.384. The lowest BCUT2D eigenvalue weighted by Gasteiger charge is -2.09. The van der Waals surface area contributed by atoms with Crippen molar-refractivity contribution in [2.24, 2.45) is 0 Å². The number of rotatable bonds is 5. The molecule has 3 aromatic rings. The first-order valence-corrected chi connectivity index (χ1v) is 8.06. The number of methoxy groups -OCH3 is 1. The van der Waals surface area contributed by atoms with E-state index in [-0.39, 0.29) is 11.6 Å². The average Bonchev–Trinajstić information content (AvgIpc) is 3.02. The Labute approximate surface area is 149 Å². The summed E-state index contributed by atoms with van der Waals surface area (Å²) in [6.45, 7) is 3.68. The molecule has 0 aliphatic carbocycles. The fraction of sp³-hybridized carbons (Fsp3) is 0.222. The van der Waals surface area contributed by atoms with Gasteiger partial charge in [0.05, 0.1) is 23.4 Å². The number of anilines is 1. The molecule has 0 saturated carbocycles. The average molecular weight is 354 g/mol. The molecule has 8 nitrogen and oxygen atoms in total. The van der Waals surface area contributed by atoms with Gasteiger partial charge >= 0.3 is 0 Å². The Hall–Kier alpha value is -3.42. The van der Waals surface area contributed by atoms with E-state index in [1.165, 1.54) is 12.1 Å². The Bertz CT molecular complexity index is 1010. The molecular formula is C18H18N4O4. The lowest BCUT2D eigenvalue weighted by atomic mass is 10.1. The summed E-state index contributed by atoms with van der Waals surface area (Å²) >= 11 is 0. The molecule has 0 fully saturated rings. The third kappa shape index (κ3) is 2.97. The summed E-state index contributed by atoms with van der Waals surface area (Å²) in [4.78, 5) is 27.9. The van der Waals surface area contributed by atoms with E-state index in [4.69, 9.17) is 4.74 Å². The number of carbonyl (C=O) groups excluding carboxylic acids is 1. The predicted molar refractivity (Wildman–Crippen MR) is 96.9 cm³/mol. The Morgan fingerprint density at radius 3 is 2.81 bits per heavy atom. The molecule has 0 aliphatic rings. The van der Waals surface area contributed by atoms with E-state index in [9.17, 15) is 14.9 Å². The standard InChI is InChI=1S/C18H18N4O4/c1-4-13-16(21-9-5-6-15(26-3)17(21)19-13)18(23)20-14-10-12(22(24)25)8-7-11(14)2/h5-10H,4H2,1-3H3,(H,20,23). The second-order valence-corrected chi connectivity index (χ2v) is 5.74. The summed E-state index contributed by atoms with van der Waals surface area (Å²) in [5.74, 6) is 0.180. The first kappa shape index (κ1) is 17.4. The highest BCUT2D eigenvalue weighted by atomic mass is 16.6. The number of hydrogen-bond acceptors (Lipinski definition) is 5. The number of nitrogens with zero attached hydrogens (tertiary/aromatic N) is 3. The first-order valence-electron chi connectivity index (χ1n) is 8.06. The van der Waals surface area contributed by atoms with Crippen LogP contribution < -0.4 is 10.1 Å². The van der Waals surface area contributed by atoms with Gasteiger partial charge in [-0.05, 0) is 31.0 Å². The number of hydrogen-bond donors (Lipinski definition) is 1. The van der Waals surface area contributed by atoms with E-state index < -0.39 is 4.92 Å². The second kappa shape index (κ2) is 6.83. The van der Waals surface area contributed by atoms with Crippen molar-refractivity contribution in [2.45, 2.75) is 20.3 Å². The molecule has 0 aliphatic heterocycles. The Balaban J connectivity index is 2.06. The van der Waals surface area contributed by atoms with E-state index in [1.807, 2.05) is 6.92 Å². The maximum Gasteiger partial charge on any atom is 0.274 e. The zero-order valence-corrected chi connectivity index (χ0v) is 14.6. The van der Waals surface area contributed by atoms with Gasteiger partial charge in [-0.15, -0.1) is 0 Å². The number of aromatic nitrogens is 2. The highest BCUT2D eigenvalue weighted by molar-refractivity contribution is 6.05. The molecule has 0 radical (unpaired) electrons. The number of nitrogens with one attached hydrogen (secondary N) is 1. The summed E-state index contributed by atoms with van der Waals surface area (Å²) in [5.41, 5.74) is 2.59. The SMILES string of the molecule is CCc1nc2c(OC)cccn2c1C(=O)Nc1cc([N+](=O)[O-])ccc1C. The highest BCUT2D eigenvalue weighted by Gasteiger charge is 2.21. The van der Waals surface area contributed by atoms with Crippen LogP contribution in [0.25, 0.3) is 5.65 Å². The number of carbonyl (C=O) groups is 1. The van der Waals surface area contributed by atoms with Crippen molar-refractivity contribution in [3.63, 3.8) is 0 Å².